The van der Waals surface area contributed by atoms with Crippen LogP contribution in [0.15, 0.2) is 12.1 Å². The minimum atomic E-state index is -0.273. The molecule has 0 unspecified atom stereocenters. The Hall–Kier alpha value is -0.480. The fourth-order valence-electron chi connectivity index (χ4n) is 2.31. The molecular formula is C13H15Cl3N2O. The molecule has 104 valence electrons. The quantitative estimate of drug-likeness (QED) is 0.777. The van der Waals surface area contributed by atoms with Crippen LogP contribution in [0.25, 0.3) is 11.0 Å². The summed E-state index contributed by atoms with van der Waals surface area (Å²) in [6.07, 6.45) is 0. The van der Waals surface area contributed by atoms with Crippen molar-refractivity contribution < 1.29 is 4.74 Å². The Bertz CT molecular complexity index is 607. The number of nitrogens with zero attached hydrogens (tertiary/aromatic N) is 2. The van der Waals surface area contributed by atoms with Crippen LogP contribution in [0.5, 0.6) is 0 Å². The van der Waals surface area contributed by atoms with Crippen molar-refractivity contribution in [1.82, 2.24) is 9.55 Å². The molecule has 3 nitrogen and oxygen atoms in total. The van der Waals surface area contributed by atoms with Gasteiger partial charge in [0, 0.05) is 7.11 Å². The fourth-order valence-corrected chi connectivity index (χ4v) is 2.80. The van der Waals surface area contributed by atoms with E-state index >= 15 is 0 Å². The molecule has 0 saturated carbocycles. The number of ether oxygens (including phenoxy) is 1. The average molecular weight is 322 g/mol. The maximum absolute atomic E-state index is 6.10. The lowest BCUT2D eigenvalue weighted by atomic mass is 10.1. The van der Waals surface area contributed by atoms with E-state index < -0.39 is 0 Å². The van der Waals surface area contributed by atoms with Crippen molar-refractivity contribution in [2.24, 2.45) is 0 Å². The highest BCUT2D eigenvalue weighted by Crippen LogP contribution is 2.32. The van der Waals surface area contributed by atoms with E-state index in [4.69, 9.17) is 39.5 Å². The second-order valence-corrected chi connectivity index (χ2v) is 6.08. The molecule has 0 radical (unpaired) electrons. The summed E-state index contributed by atoms with van der Waals surface area (Å²) in [6.45, 7) is 4.68. The lowest BCUT2D eigenvalue weighted by molar-refractivity contribution is 0.110. The molecule has 0 aliphatic heterocycles. The molecule has 1 aromatic carbocycles. The Morgan fingerprint density at radius 1 is 1.26 bits per heavy atom. The second-order valence-electron chi connectivity index (χ2n) is 5.00. The van der Waals surface area contributed by atoms with Crippen LogP contribution in [0.4, 0.5) is 0 Å². The molecule has 0 atom stereocenters. The van der Waals surface area contributed by atoms with Crippen LogP contribution < -0.4 is 0 Å². The Kier molecular flexibility index (Phi) is 4.31. The van der Waals surface area contributed by atoms with Crippen LogP contribution in [-0.4, -0.2) is 23.3 Å². The van der Waals surface area contributed by atoms with Crippen molar-refractivity contribution in [2.75, 3.05) is 13.7 Å². The summed E-state index contributed by atoms with van der Waals surface area (Å²) < 4.78 is 7.34. The summed E-state index contributed by atoms with van der Waals surface area (Å²) in [6, 6.07) is 3.58. The van der Waals surface area contributed by atoms with E-state index in [-0.39, 0.29) is 5.54 Å². The first-order chi connectivity index (χ1) is 8.90. The van der Waals surface area contributed by atoms with Gasteiger partial charge in [0.1, 0.15) is 5.82 Å². The van der Waals surface area contributed by atoms with Crippen molar-refractivity contribution >= 4 is 45.8 Å². The number of imidazole rings is 1. The zero-order valence-corrected chi connectivity index (χ0v) is 13.3. The van der Waals surface area contributed by atoms with Gasteiger partial charge in [0.25, 0.3) is 0 Å². The molecule has 19 heavy (non-hydrogen) atoms. The van der Waals surface area contributed by atoms with Crippen molar-refractivity contribution in [3.63, 3.8) is 0 Å². The number of hydrogen-bond acceptors (Lipinski definition) is 2. The lowest BCUT2D eigenvalue weighted by Crippen LogP contribution is -2.32. The van der Waals surface area contributed by atoms with Gasteiger partial charge in [0.15, 0.2) is 0 Å². The summed E-state index contributed by atoms with van der Waals surface area (Å²) in [4.78, 5) is 4.51. The number of methoxy groups -OCH3 is 1. The molecule has 0 saturated heterocycles. The molecule has 6 heteroatoms. The Morgan fingerprint density at radius 2 is 1.89 bits per heavy atom. The van der Waals surface area contributed by atoms with Crippen LogP contribution in [-0.2, 0) is 16.2 Å². The van der Waals surface area contributed by atoms with Gasteiger partial charge in [-0.05, 0) is 26.0 Å². The second kappa shape index (κ2) is 5.49. The predicted molar refractivity (Wildman–Crippen MR) is 80.5 cm³/mol. The van der Waals surface area contributed by atoms with Crippen molar-refractivity contribution in [1.29, 1.82) is 0 Å². The van der Waals surface area contributed by atoms with Crippen LogP contribution in [0.2, 0.25) is 10.0 Å². The van der Waals surface area contributed by atoms with Gasteiger partial charge < -0.3 is 9.30 Å². The van der Waals surface area contributed by atoms with E-state index in [1.165, 1.54) is 0 Å². The molecule has 0 aliphatic rings. The van der Waals surface area contributed by atoms with Gasteiger partial charge in [0.05, 0.1) is 39.1 Å². The first-order valence-electron chi connectivity index (χ1n) is 5.82. The molecule has 0 fully saturated rings. The topological polar surface area (TPSA) is 27.1 Å². The number of benzene rings is 1. The first kappa shape index (κ1) is 14.9. The van der Waals surface area contributed by atoms with E-state index in [0.29, 0.717) is 22.5 Å². The van der Waals surface area contributed by atoms with E-state index in [2.05, 4.69) is 23.4 Å². The zero-order valence-electron chi connectivity index (χ0n) is 11.0. The van der Waals surface area contributed by atoms with E-state index in [9.17, 15) is 0 Å². The van der Waals surface area contributed by atoms with Crippen LogP contribution >= 0.6 is 34.8 Å². The molecule has 0 spiro atoms. The Morgan fingerprint density at radius 3 is 2.47 bits per heavy atom. The molecular weight excluding hydrogens is 307 g/mol. The molecule has 1 aromatic heterocycles. The number of rotatable bonds is 4. The zero-order chi connectivity index (χ0) is 14.2. The smallest absolute Gasteiger partial charge is 0.125 e. The standard InChI is InChI=1S/C13H15Cl3N2O/c1-13(2,7-19-3)18-11-5-9(16)8(15)4-10(11)17-12(18)6-14/h4-5H,6-7H2,1-3H3. The molecule has 0 amide bonds. The monoisotopic (exact) mass is 320 g/mol. The number of halogens is 3. The van der Waals surface area contributed by atoms with Crippen LogP contribution in [0.3, 0.4) is 0 Å². The largest absolute Gasteiger partial charge is 0.382 e. The summed E-state index contributed by atoms with van der Waals surface area (Å²) in [5.74, 6) is 1.09. The third-order valence-corrected chi connectivity index (χ3v) is 3.95. The maximum Gasteiger partial charge on any atom is 0.125 e. The first-order valence-corrected chi connectivity index (χ1v) is 7.11. The van der Waals surface area contributed by atoms with Gasteiger partial charge >= 0.3 is 0 Å². The third-order valence-electron chi connectivity index (χ3n) is 2.99. The maximum atomic E-state index is 6.10. The third kappa shape index (κ3) is 2.70. The Balaban J connectivity index is 2.73. The van der Waals surface area contributed by atoms with Crippen molar-refractivity contribution in [2.45, 2.75) is 25.3 Å². The highest BCUT2D eigenvalue weighted by molar-refractivity contribution is 6.42. The van der Waals surface area contributed by atoms with Gasteiger partial charge in [-0.3, -0.25) is 0 Å². The molecule has 0 aliphatic carbocycles. The SMILES string of the molecule is COCC(C)(C)n1c(CCl)nc2cc(Cl)c(Cl)cc21. The predicted octanol–water partition coefficient (Wildman–Crippen LogP) is 4.46. The number of alkyl halides is 1. The minimum Gasteiger partial charge on any atom is -0.382 e. The van der Waals surface area contributed by atoms with Gasteiger partial charge in [0.2, 0.25) is 0 Å². The van der Waals surface area contributed by atoms with E-state index in [0.717, 1.165) is 16.9 Å². The lowest BCUT2D eigenvalue weighted by Gasteiger charge is -2.28. The highest BCUT2D eigenvalue weighted by Gasteiger charge is 2.26. The summed E-state index contributed by atoms with van der Waals surface area (Å²) in [7, 11) is 1.67. The molecule has 0 bridgehead atoms. The van der Waals surface area contributed by atoms with Crippen LogP contribution in [0.1, 0.15) is 19.7 Å². The van der Waals surface area contributed by atoms with Crippen molar-refractivity contribution in [3.8, 4) is 0 Å². The summed E-state index contributed by atoms with van der Waals surface area (Å²) >= 11 is 18.1. The normalized spacial score (nSPS) is 12.3. The van der Waals surface area contributed by atoms with Gasteiger partial charge in [-0.1, -0.05) is 23.2 Å². The summed E-state index contributed by atoms with van der Waals surface area (Å²) in [5.41, 5.74) is 1.42. The number of aromatic nitrogens is 2. The molecule has 1 heterocycles. The number of fused-ring (bicyclic) bond motifs is 1. The highest BCUT2D eigenvalue weighted by atomic mass is 35.5. The molecule has 2 aromatic rings. The van der Waals surface area contributed by atoms with E-state index in [1.807, 2.05) is 6.07 Å². The summed E-state index contributed by atoms with van der Waals surface area (Å²) in [5, 5.41) is 0.995. The van der Waals surface area contributed by atoms with Crippen LogP contribution in [0, 0.1) is 0 Å². The molecule has 0 N–H and O–H groups in total. The minimum absolute atomic E-state index is 0.273. The number of hydrogen-bond donors (Lipinski definition) is 0. The van der Waals surface area contributed by atoms with Gasteiger partial charge in [-0.15, -0.1) is 11.6 Å². The van der Waals surface area contributed by atoms with Gasteiger partial charge in [-0.2, -0.15) is 0 Å². The van der Waals surface area contributed by atoms with Gasteiger partial charge in [-0.25, -0.2) is 4.98 Å². The van der Waals surface area contributed by atoms with Crippen molar-refractivity contribution in [3.05, 3.63) is 28.0 Å². The average Bonchev–Trinajstić information content (AvgIpc) is 2.68. The Labute approximate surface area is 127 Å². The molecule has 2 rings (SSSR count). The van der Waals surface area contributed by atoms with E-state index in [1.54, 1.807) is 13.2 Å². The fraction of sp³-hybridized carbons (Fsp3) is 0.462.